The Balaban J connectivity index is 0.00000289. The van der Waals surface area contributed by atoms with Crippen molar-refractivity contribution in [2.75, 3.05) is 26.2 Å². The normalized spacial score (nSPS) is 22.7. The van der Waals surface area contributed by atoms with Gasteiger partial charge in [0, 0.05) is 45.2 Å². The monoisotopic (exact) mass is 455 g/mol. The molecule has 0 aromatic heterocycles. The summed E-state index contributed by atoms with van der Waals surface area (Å²) in [4.78, 5) is 17.4. The minimum absolute atomic E-state index is 0. The van der Waals surface area contributed by atoms with Crippen molar-refractivity contribution in [3.05, 3.63) is 71.8 Å². The van der Waals surface area contributed by atoms with E-state index >= 15 is 0 Å². The van der Waals surface area contributed by atoms with Crippen molar-refractivity contribution in [2.45, 2.75) is 51.7 Å². The van der Waals surface area contributed by atoms with Crippen molar-refractivity contribution < 1.29 is 4.79 Å². The van der Waals surface area contributed by atoms with Gasteiger partial charge in [-0.15, -0.1) is 12.4 Å². The summed E-state index contributed by atoms with van der Waals surface area (Å²) >= 11 is 0. The summed E-state index contributed by atoms with van der Waals surface area (Å²) in [7, 11) is 0. The number of rotatable bonds is 9. The number of likely N-dealkylation sites (tertiary alicyclic amines) is 1. The van der Waals surface area contributed by atoms with Crippen LogP contribution in [0.25, 0.3) is 0 Å². The largest absolute Gasteiger partial charge is 0.339 e. The minimum Gasteiger partial charge on any atom is -0.339 e. The molecule has 2 aliphatic rings. The fourth-order valence-electron chi connectivity index (χ4n) is 5.39. The fourth-order valence-corrected chi connectivity index (χ4v) is 5.39. The second-order valence-electron chi connectivity index (χ2n) is 9.34. The van der Waals surface area contributed by atoms with E-state index in [4.69, 9.17) is 0 Å². The van der Waals surface area contributed by atoms with Crippen molar-refractivity contribution in [3.8, 4) is 0 Å². The van der Waals surface area contributed by atoms with Crippen LogP contribution in [-0.4, -0.2) is 47.9 Å². The second-order valence-corrected chi connectivity index (χ2v) is 9.34. The highest BCUT2D eigenvalue weighted by molar-refractivity contribution is 5.85. The molecular formula is C27H38ClN3O. The summed E-state index contributed by atoms with van der Waals surface area (Å²) in [5.41, 5.74) is 2.62. The molecule has 3 atom stereocenters. The van der Waals surface area contributed by atoms with E-state index in [-0.39, 0.29) is 18.3 Å². The zero-order chi connectivity index (χ0) is 21.5. The lowest BCUT2D eigenvalue weighted by Crippen LogP contribution is -2.55. The topological polar surface area (TPSA) is 35.6 Å². The zero-order valence-corrected chi connectivity index (χ0v) is 20.1. The van der Waals surface area contributed by atoms with Crippen LogP contribution in [0.5, 0.6) is 0 Å². The predicted octanol–water partition coefficient (Wildman–Crippen LogP) is 4.74. The Morgan fingerprint density at radius 2 is 1.72 bits per heavy atom. The number of hydrogen-bond acceptors (Lipinski definition) is 3. The number of benzene rings is 2. The van der Waals surface area contributed by atoms with E-state index in [9.17, 15) is 4.79 Å². The number of nitrogens with one attached hydrogen (secondary N) is 1. The number of carbonyl (C=O) groups is 1. The zero-order valence-electron chi connectivity index (χ0n) is 19.3. The van der Waals surface area contributed by atoms with Crippen molar-refractivity contribution >= 4 is 18.3 Å². The number of fused-ring (bicyclic) bond motifs is 2. The van der Waals surface area contributed by atoms with Gasteiger partial charge in [0.1, 0.15) is 0 Å². The average molecular weight is 456 g/mol. The molecule has 2 aromatic rings. The molecule has 2 aromatic carbocycles. The third-order valence-corrected chi connectivity index (χ3v) is 6.99. The Labute approximate surface area is 199 Å². The van der Waals surface area contributed by atoms with Crippen molar-refractivity contribution in [1.29, 1.82) is 0 Å². The number of hydrogen-bond donors (Lipinski definition) is 1. The maximum atomic E-state index is 12.8. The van der Waals surface area contributed by atoms with Gasteiger partial charge in [-0.25, -0.2) is 0 Å². The SMILES string of the molecule is CCN(Cc1ccccc1)C(=O)CCC[C@H]1NC[C@@H]2C[C@H]1CN(Cc1ccccc1)C2.Cl. The Bertz CT molecular complexity index is 816. The van der Waals surface area contributed by atoms with Crippen LogP contribution >= 0.6 is 12.4 Å². The molecule has 2 bridgehead atoms. The Morgan fingerprint density at radius 1 is 1.03 bits per heavy atom. The summed E-state index contributed by atoms with van der Waals surface area (Å²) in [5.74, 6) is 1.76. The van der Waals surface area contributed by atoms with E-state index in [1.54, 1.807) is 0 Å². The molecule has 174 valence electrons. The van der Waals surface area contributed by atoms with Gasteiger partial charge < -0.3 is 10.2 Å². The van der Waals surface area contributed by atoms with Crippen LogP contribution in [0.4, 0.5) is 0 Å². The van der Waals surface area contributed by atoms with Gasteiger partial charge in [0.15, 0.2) is 0 Å². The maximum absolute atomic E-state index is 12.8. The van der Waals surface area contributed by atoms with E-state index in [1.165, 1.54) is 30.6 Å². The van der Waals surface area contributed by atoms with Crippen LogP contribution in [0.1, 0.15) is 43.7 Å². The summed E-state index contributed by atoms with van der Waals surface area (Å²) in [5, 5.41) is 3.81. The third kappa shape index (κ3) is 6.81. The summed E-state index contributed by atoms with van der Waals surface area (Å²) in [6.07, 6.45) is 4.07. The standard InChI is InChI=1S/C27H37N3O.ClH/c1-2-30(20-23-12-7-4-8-13-23)27(31)15-9-14-26-25-16-24(17-28-26)19-29(21-25)18-22-10-5-3-6-11-22;/h3-8,10-13,24-26,28H,2,9,14-21H2,1H3;1H/t24-,25-,26+;/m0./s1. The summed E-state index contributed by atoms with van der Waals surface area (Å²) in [6.45, 7) is 8.12. The van der Waals surface area contributed by atoms with Gasteiger partial charge in [0.25, 0.3) is 0 Å². The molecule has 0 radical (unpaired) electrons. The molecule has 0 spiro atoms. The first-order valence-corrected chi connectivity index (χ1v) is 12.0. The molecule has 2 heterocycles. The van der Waals surface area contributed by atoms with E-state index in [2.05, 4.69) is 59.6 Å². The van der Waals surface area contributed by atoms with Gasteiger partial charge >= 0.3 is 0 Å². The van der Waals surface area contributed by atoms with Crippen LogP contribution in [0.2, 0.25) is 0 Å². The fraction of sp³-hybridized carbons (Fsp3) is 0.519. The highest BCUT2D eigenvalue weighted by Crippen LogP contribution is 2.31. The number of carbonyl (C=O) groups excluding carboxylic acids is 1. The summed E-state index contributed by atoms with van der Waals surface area (Å²) < 4.78 is 0. The lowest BCUT2D eigenvalue weighted by molar-refractivity contribution is -0.131. The van der Waals surface area contributed by atoms with Crippen molar-refractivity contribution in [3.63, 3.8) is 0 Å². The van der Waals surface area contributed by atoms with Gasteiger partial charge in [0.2, 0.25) is 5.91 Å². The molecule has 1 amide bonds. The predicted molar refractivity (Wildman–Crippen MR) is 134 cm³/mol. The third-order valence-electron chi connectivity index (χ3n) is 6.99. The molecule has 0 aliphatic carbocycles. The Hall–Kier alpha value is -1.88. The Morgan fingerprint density at radius 3 is 2.41 bits per heavy atom. The van der Waals surface area contributed by atoms with Crippen molar-refractivity contribution in [2.24, 2.45) is 11.8 Å². The molecule has 4 rings (SSSR count). The number of amides is 1. The smallest absolute Gasteiger partial charge is 0.222 e. The lowest BCUT2D eigenvalue weighted by atomic mass is 9.79. The first-order valence-electron chi connectivity index (χ1n) is 12.0. The van der Waals surface area contributed by atoms with Crippen LogP contribution < -0.4 is 5.32 Å². The highest BCUT2D eigenvalue weighted by atomic mass is 35.5. The van der Waals surface area contributed by atoms with Gasteiger partial charge in [-0.05, 0) is 55.7 Å². The molecule has 2 fully saturated rings. The maximum Gasteiger partial charge on any atom is 0.222 e. The molecular weight excluding hydrogens is 418 g/mol. The van der Waals surface area contributed by atoms with Gasteiger partial charge in [-0.3, -0.25) is 9.69 Å². The van der Waals surface area contributed by atoms with Gasteiger partial charge in [0.05, 0.1) is 0 Å². The number of nitrogens with zero attached hydrogens (tertiary/aromatic N) is 2. The second kappa shape index (κ2) is 12.4. The quantitative estimate of drug-likeness (QED) is 0.593. The molecule has 5 heteroatoms. The molecule has 1 N–H and O–H groups in total. The highest BCUT2D eigenvalue weighted by Gasteiger charge is 2.36. The van der Waals surface area contributed by atoms with E-state index < -0.39 is 0 Å². The summed E-state index contributed by atoms with van der Waals surface area (Å²) in [6, 6.07) is 21.7. The van der Waals surface area contributed by atoms with E-state index in [0.717, 1.165) is 44.9 Å². The Kier molecular flexibility index (Phi) is 9.58. The van der Waals surface area contributed by atoms with Crippen LogP contribution in [0.3, 0.4) is 0 Å². The van der Waals surface area contributed by atoms with Crippen LogP contribution in [0.15, 0.2) is 60.7 Å². The molecule has 4 nitrogen and oxygen atoms in total. The van der Waals surface area contributed by atoms with Gasteiger partial charge in [-0.1, -0.05) is 60.7 Å². The molecule has 0 unspecified atom stereocenters. The van der Waals surface area contributed by atoms with Crippen molar-refractivity contribution in [1.82, 2.24) is 15.1 Å². The first kappa shape index (κ1) is 24.8. The minimum atomic E-state index is 0. The first-order chi connectivity index (χ1) is 15.2. The molecule has 2 aliphatic heterocycles. The number of piperidine rings is 2. The molecule has 2 saturated heterocycles. The van der Waals surface area contributed by atoms with E-state index in [0.29, 0.717) is 18.4 Å². The lowest BCUT2D eigenvalue weighted by Gasteiger charge is -2.46. The number of halogens is 1. The van der Waals surface area contributed by atoms with Crippen LogP contribution in [0, 0.1) is 11.8 Å². The van der Waals surface area contributed by atoms with Crippen LogP contribution in [-0.2, 0) is 17.9 Å². The average Bonchev–Trinajstić information content (AvgIpc) is 2.80. The van der Waals surface area contributed by atoms with E-state index in [1.807, 2.05) is 23.1 Å². The molecule has 32 heavy (non-hydrogen) atoms. The van der Waals surface area contributed by atoms with Gasteiger partial charge in [-0.2, -0.15) is 0 Å². The molecule has 0 saturated carbocycles.